The Balaban J connectivity index is 1.00. The van der Waals surface area contributed by atoms with Crippen molar-refractivity contribution in [1.29, 1.82) is 0 Å². The highest BCUT2D eigenvalue weighted by atomic mass is 16.3. The van der Waals surface area contributed by atoms with Gasteiger partial charge in [-0.1, -0.05) is 103 Å². The molecule has 0 fully saturated rings. The standard InChI is InChI=1S/C48H29NO3/c1-3-11-33(12-4-1)49(34-13-5-2-6-14-34)42-19-10-18-39-41-27-30(22-25-45(41)52-48(39)42)31-21-24-37-40-28-32(23-26-44(40)50-46(37)29-31)35-16-9-17-38-36-15-7-8-20-43(36)51-47(35)38/h1-29H. The maximum atomic E-state index is 6.63. The molecule has 244 valence electrons. The van der Waals surface area contributed by atoms with E-state index in [4.69, 9.17) is 13.3 Å². The molecule has 4 heteroatoms. The van der Waals surface area contributed by atoms with Gasteiger partial charge in [-0.25, -0.2) is 0 Å². The van der Waals surface area contributed by atoms with Crippen molar-refractivity contribution in [3.8, 4) is 22.3 Å². The molecule has 0 amide bonds. The van der Waals surface area contributed by atoms with Crippen LogP contribution in [0.15, 0.2) is 189 Å². The van der Waals surface area contributed by atoms with Crippen molar-refractivity contribution < 1.29 is 13.3 Å². The summed E-state index contributed by atoms with van der Waals surface area (Å²) in [6.07, 6.45) is 0. The van der Waals surface area contributed by atoms with Gasteiger partial charge in [-0.2, -0.15) is 0 Å². The van der Waals surface area contributed by atoms with Crippen molar-refractivity contribution in [3.05, 3.63) is 176 Å². The molecule has 0 aliphatic carbocycles. The molecule has 0 saturated heterocycles. The fourth-order valence-electron chi connectivity index (χ4n) is 7.82. The van der Waals surface area contributed by atoms with E-state index in [0.29, 0.717) is 0 Å². The molecule has 0 spiro atoms. The number of anilines is 3. The summed E-state index contributed by atoms with van der Waals surface area (Å²) in [4.78, 5) is 2.25. The molecule has 0 radical (unpaired) electrons. The highest BCUT2D eigenvalue weighted by Gasteiger charge is 2.20. The summed E-state index contributed by atoms with van der Waals surface area (Å²) in [7, 11) is 0. The molecule has 3 aromatic heterocycles. The molecule has 0 aliphatic rings. The number of para-hydroxylation sites is 5. The minimum atomic E-state index is 0.851. The lowest BCUT2D eigenvalue weighted by Crippen LogP contribution is -2.09. The molecule has 0 atom stereocenters. The van der Waals surface area contributed by atoms with Crippen LogP contribution in [0, 0.1) is 0 Å². The normalized spacial score (nSPS) is 11.8. The van der Waals surface area contributed by atoms with Crippen molar-refractivity contribution in [2.45, 2.75) is 0 Å². The second kappa shape index (κ2) is 11.2. The van der Waals surface area contributed by atoms with E-state index in [9.17, 15) is 0 Å². The molecular formula is C48H29NO3. The lowest BCUT2D eigenvalue weighted by atomic mass is 9.99. The van der Waals surface area contributed by atoms with E-state index < -0.39 is 0 Å². The Labute approximate surface area is 298 Å². The van der Waals surface area contributed by atoms with Crippen molar-refractivity contribution in [2.75, 3.05) is 4.90 Å². The third-order valence-corrected chi connectivity index (χ3v) is 10.3. The van der Waals surface area contributed by atoms with Gasteiger partial charge in [0, 0.05) is 49.3 Å². The predicted octanol–water partition coefficient (Wildman–Crippen LogP) is 14.2. The topological polar surface area (TPSA) is 42.7 Å². The predicted molar refractivity (Wildman–Crippen MR) is 214 cm³/mol. The quantitative estimate of drug-likeness (QED) is 0.183. The highest BCUT2D eigenvalue weighted by Crippen LogP contribution is 2.43. The summed E-state index contributed by atoms with van der Waals surface area (Å²) in [5.41, 5.74) is 12.7. The number of nitrogens with zero attached hydrogens (tertiary/aromatic N) is 1. The summed E-state index contributed by atoms with van der Waals surface area (Å²) in [5.74, 6) is 0. The van der Waals surface area contributed by atoms with Crippen LogP contribution in [0.4, 0.5) is 17.1 Å². The first kappa shape index (κ1) is 28.8. The van der Waals surface area contributed by atoms with E-state index in [1.165, 1.54) is 0 Å². The van der Waals surface area contributed by atoms with Crippen molar-refractivity contribution in [2.24, 2.45) is 0 Å². The van der Waals surface area contributed by atoms with E-state index in [0.717, 1.165) is 105 Å². The lowest BCUT2D eigenvalue weighted by molar-refractivity contribution is 0.668. The average molecular weight is 668 g/mol. The van der Waals surface area contributed by atoms with Crippen LogP contribution >= 0.6 is 0 Å². The van der Waals surface area contributed by atoms with Crippen LogP contribution in [0.2, 0.25) is 0 Å². The molecular weight excluding hydrogens is 639 g/mol. The Morgan fingerprint density at radius 1 is 0.308 bits per heavy atom. The first-order valence-electron chi connectivity index (χ1n) is 17.5. The first-order valence-corrected chi connectivity index (χ1v) is 17.5. The minimum absolute atomic E-state index is 0.851. The Kier molecular flexibility index (Phi) is 6.22. The van der Waals surface area contributed by atoms with Gasteiger partial charge < -0.3 is 18.2 Å². The zero-order valence-corrected chi connectivity index (χ0v) is 27.9. The van der Waals surface area contributed by atoms with Crippen LogP contribution in [0.25, 0.3) is 88.1 Å². The molecule has 0 unspecified atom stereocenters. The molecule has 8 aromatic carbocycles. The zero-order chi connectivity index (χ0) is 34.2. The van der Waals surface area contributed by atoms with Crippen molar-refractivity contribution in [3.63, 3.8) is 0 Å². The molecule has 11 rings (SSSR count). The summed E-state index contributed by atoms with van der Waals surface area (Å²) >= 11 is 0. The summed E-state index contributed by atoms with van der Waals surface area (Å²) in [6, 6.07) is 61.2. The van der Waals surface area contributed by atoms with Gasteiger partial charge >= 0.3 is 0 Å². The van der Waals surface area contributed by atoms with Crippen molar-refractivity contribution in [1.82, 2.24) is 0 Å². The van der Waals surface area contributed by atoms with E-state index in [1.807, 2.05) is 24.3 Å². The van der Waals surface area contributed by atoms with Crippen LogP contribution < -0.4 is 4.90 Å². The summed E-state index contributed by atoms with van der Waals surface area (Å²) < 4.78 is 19.5. The Hall–Kier alpha value is -7.04. The smallest absolute Gasteiger partial charge is 0.159 e. The Morgan fingerprint density at radius 2 is 0.846 bits per heavy atom. The largest absolute Gasteiger partial charge is 0.456 e. The van der Waals surface area contributed by atoms with E-state index in [2.05, 4.69) is 157 Å². The van der Waals surface area contributed by atoms with Crippen LogP contribution in [-0.2, 0) is 0 Å². The number of fused-ring (bicyclic) bond motifs is 9. The maximum absolute atomic E-state index is 6.63. The third kappa shape index (κ3) is 4.41. The molecule has 11 aromatic rings. The number of benzene rings is 8. The second-order valence-corrected chi connectivity index (χ2v) is 13.3. The monoisotopic (exact) mass is 667 g/mol. The number of furan rings is 3. The van der Waals surface area contributed by atoms with Gasteiger partial charge in [0.05, 0.1) is 5.69 Å². The molecule has 52 heavy (non-hydrogen) atoms. The maximum Gasteiger partial charge on any atom is 0.159 e. The Bertz CT molecular complexity index is 3090. The van der Waals surface area contributed by atoms with E-state index >= 15 is 0 Å². The number of hydrogen-bond acceptors (Lipinski definition) is 4. The van der Waals surface area contributed by atoms with E-state index in [1.54, 1.807) is 0 Å². The van der Waals surface area contributed by atoms with Crippen LogP contribution in [-0.4, -0.2) is 0 Å². The second-order valence-electron chi connectivity index (χ2n) is 13.3. The molecule has 0 N–H and O–H groups in total. The number of hydrogen-bond donors (Lipinski definition) is 0. The van der Waals surface area contributed by atoms with Crippen molar-refractivity contribution >= 4 is 82.9 Å². The van der Waals surface area contributed by atoms with E-state index in [-0.39, 0.29) is 0 Å². The molecule has 0 aliphatic heterocycles. The highest BCUT2D eigenvalue weighted by molar-refractivity contribution is 6.13. The van der Waals surface area contributed by atoms with Gasteiger partial charge in [-0.05, 0) is 89.5 Å². The first-order chi connectivity index (χ1) is 25.8. The molecule has 0 saturated carbocycles. The van der Waals surface area contributed by atoms with Gasteiger partial charge in [0.1, 0.15) is 27.9 Å². The zero-order valence-electron chi connectivity index (χ0n) is 27.9. The van der Waals surface area contributed by atoms with Gasteiger partial charge in [0.15, 0.2) is 5.58 Å². The van der Waals surface area contributed by atoms with Gasteiger partial charge in [-0.15, -0.1) is 0 Å². The average Bonchev–Trinajstić information content (AvgIpc) is 3.89. The van der Waals surface area contributed by atoms with Gasteiger partial charge in [0.2, 0.25) is 0 Å². The van der Waals surface area contributed by atoms with Crippen LogP contribution in [0.3, 0.4) is 0 Å². The fraction of sp³-hybridized carbons (Fsp3) is 0. The molecule has 0 bridgehead atoms. The number of rotatable bonds is 5. The fourth-order valence-corrected chi connectivity index (χ4v) is 7.82. The Morgan fingerprint density at radius 3 is 1.65 bits per heavy atom. The lowest BCUT2D eigenvalue weighted by Gasteiger charge is -2.25. The van der Waals surface area contributed by atoms with Crippen LogP contribution in [0.5, 0.6) is 0 Å². The molecule has 4 nitrogen and oxygen atoms in total. The summed E-state index contributed by atoms with van der Waals surface area (Å²) in [5, 5.41) is 6.56. The summed E-state index contributed by atoms with van der Waals surface area (Å²) in [6.45, 7) is 0. The third-order valence-electron chi connectivity index (χ3n) is 10.3. The molecule has 3 heterocycles. The van der Waals surface area contributed by atoms with Gasteiger partial charge in [0.25, 0.3) is 0 Å². The van der Waals surface area contributed by atoms with Crippen LogP contribution in [0.1, 0.15) is 0 Å². The SMILES string of the molecule is c1ccc(N(c2ccccc2)c2cccc3c2oc2ccc(-c4ccc5c(c4)oc4ccc(-c6cccc7c6oc6ccccc67)cc45)cc23)cc1. The van der Waals surface area contributed by atoms with Gasteiger partial charge in [-0.3, -0.25) is 0 Å². The minimum Gasteiger partial charge on any atom is -0.456 e.